The third kappa shape index (κ3) is 5.74. The predicted molar refractivity (Wildman–Crippen MR) is 93.6 cm³/mol. The van der Waals surface area contributed by atoms with Gasteiger partial charge in [-0.3, -0.25) is 9.59 Å². The Hall–Kier alpha value is -1.20. The molecule has 0 aliphatic carbocycles. The Balaban J connectivity index is 1.68. The van der Waals surface area contributed by atoms with Crippen molar-refractivity contribution in [2.24, 2.45) is 5.92 Å². The van der Waals surface area contributed by atoms with E-state index in [1.807, 2.05) is 36.1 Å². The molecule has 1 aliphatic rings. The summed E-state index contributed by atoms with van der Waals surface area (Å²) < 4.78 is 5.04. The fourth-order valence-corrected chi connectivity index (χ4v) is 3.57. The molecule has 1 aromatic carbocycles. The summed E-state index contributed by atoms with van der Waals surface area (Å²) in [6.07, 6.45) is 1.40. The van der Waals surface area contributed by atoms with E-state index in [4.69, 9.17) is 16.3 Å². The van der Waals surface area contributed by atoms with Crippen LogP contribution in [0.15, 0.2) is 24.3 Å². The monoisotopic (exact) mass is 355 g/mol. The molecule has 0 bridgehead atoms. The molecule has 126 valence electrons. The Morgan fingerprint density at radius 2 is 1.91 bits per heavy atom. The highest BCUT2D eigenvalue weighted by molar-refractivity contribution is 7.99. The number of thioether (sulfide) groups is 1. The van der Waals surface area contributed by atoms with Crippen molar-refractivity contribution < 1.29 is 14.3 Å². The number of esters is 1. The van der Waals surface area contributed by atoms with Crippen LogP contribution in [0.5, 0.6) is 0 Å². The van der Waals surface area contributed by atoms with Crippen molar-refractivity contribution in [1.29, 1.82) is 0 Å². The van der Waals surface area contributed by atoms with E-state index in [0.29, 0.717) is 38.3 Å². The van der Waals surface area contributed by atoms with E-state index in [2.05, 4.69) is 0 Å². The number of hydrogen-bond donors (Lipinski definition) is 0. The fourth-order valence-electron chi connectivity index (χ4n) is 2.55. The summed E-state index contributed by atoms with van der Waals surface area (Å²) in [4.78, 5) is 25.8. The van der Waals surface area contributed by atoms with Crippen molar-refractivity contribution in [2.75, 3.05) is 25.4 Å². The van der Waals surface area contributed by atoms with Gasteiger partial charge in [0.15, 0.2) is 0 Å². The molecule has 0 saturated carbocycles. The lowest BCUT2D eigenvalue weighted by Crippen LogP contribution is -2.41. The van der Waals surface area contributed by atoms with Gasteiger partial charge in [0.05, 0.1) is 18.3 Å². The van der Waals surface area contributed by atoms with Crippen molar-refractivity contribution in [3.63, 3.8) is 0 Å². The minimum atomic E-state index is -0.128. The first-order valence-electron chi connectivity index (χ1n) is 7.86. The number of hydrogen-bond acceptors (Lipinski definition) is 4. The zero-order valence-electron chi connectivity index (χ0n) is 13.3. The highest BCUT2D eigenvalue weighted by Crippen LogP contribution is 2.20. The lowest BCUT2D eigenvalue weighted by molar-refractivity contribution is -0.151. The summed E-state index contributed by atoms with van der Waals surface area (Å²) in [5.74, 6) is 1.22. The molecule has 0 aromatic heterocycles. The van der Waals surface area contributed by atoms with Gasteiger partial charge in [0.25, 0.3) is 0 Å². The van der Waals surface area contributed by atoms with Gasteiger partial charge in [-0.25, -0.2) is 0 Å². The van der Waals surface area contributed by atoms with Crippen molar-refractivity contribution in [1.82, 2.24) is 4.90 Å². The Morgan fingerprint density at radius 1 is 1.26 bits per heavy atom. The second-order valence-corrected chi connectivity index (χ2v) is 6.95. The third-order valence-electron chi connectivity index (χ3n) is 3.88. The van der Waals surface area contributed by atoms with Gasteiger partial charge < -0.3 is 9.64 Å². The van der Waals surface area contributed by atoms with Crippen LogP contribution in [-0.4, -0.2) is 42.2 Å². The quantitative estimate of drug-likeness (QED) is 0.734. The number of carbonyl (C=O) groups excluding carboxylic acids is 2. The molecule has 1 amide bonds. The van der Waals surface area contributed by atoms with Gasteiger partial charge in [-0.1, -0.05) is 23.7 Å². The van der Waals surface area contributed by atoms with Crippen molar-refractivity contribution in [3.8, 4) is 0 Å². The zero-order valence-corrected chi connectivity index (χ0v) is 14.9. The van der Waals surface area contributed by atoms with Crippen molar-refractivity contribution >= 4 is 35.2 Å². The molecular formula is C17H22ClNO3S. The van der Waals surface area contributed by atoms with Gasteiger partial charge in [0.2, 0.25) is 5.91 Å². The maximum atomic E-state index is 12.2. The molecule has 0 atom stereocenters. The van der Waals surface area contributed by atoms with Crippen LogP contribution in [-0.2, 0) is 20.1 Å². The normalized spacial score (nSPS) is 15.5. The van der Waals surface area contributed by atoms with Gasteiger partial charge in [-0.2, -0.15) is 0 Å². The fraction of sp³-hybridized carbons (Fsp3) is 0.529. The number of carbonyl (C=O) groups is 2. The Bertz CT molecular complexity index is 527. The minimum absolute atomic E-state index is 0.0549. The summed E-state index contributed by atoms with van der Waals surface area (Å²) in [6, 6.07) is 7.67. The van der Waals surface area contributed by atoms with E-state index >= 15 is 0 Å². The summed E-state index contributed by atoms with van der Waals surface area (Å²) in [5, 5.41) is 0.722. The van der Waals surface area contributed by atoms with E-state index in [1.165, 1.54) is 0 Å². The first kappa shape index (κ1) is 18.1. The highest BCUT2D eigenvalue weighted by atomic mass is 35.5. The topological polar surface area (TPSA) is 46.6 Å². The summed E-state index contributed by atoms with van der Waals surface area (Å²) in [7, 11) is 0. The molecule has 0 spiro atoms. The molecule has 0 radical (unpaired) electrons. The molecule has 6 heteroatoms. The van der Waals surface area contributed by atoms with Crippen LogP contribution in [0, 0.1) is 5.92 Å². The van der Waals surface area contributed by atoms with Gasteiger partial charge in [-0.05, 0) is 37.5 Å². The molecule has 0 unspecified atom stereocenters. The van der Waals surface area contributed by atoms with Crippen LogP contribution in [0.2, 0.25) is 5.02 Å². The van der Waals surface area contributed by atoms with Crippen LogP contribution in [0.1, 0.15) is 25.3 Å². The molecule has 1 aliphatic heterocycles. The van der Waals surface area contributed by atoms with Gasteiger partial charge >= 0.3 is 5.97 Å². The lowest BCUT2D eigenvalue weighted by atomic mass is 9.97. The summed E-state index contributed by atoms with van der Waals surface area (Å²) in [6.45, 7) is 3.52. The van der Waals surface area contributed by atoms with Crippen LogP contribution in [0.25, 0.3) is 0 Å². The Kier molecular flexibility index (Phi) is 7.24. The number of benzene rings is 1. The van der Waals surface area contributed by atoms with Crippen molar-refractivity contribution in [3.05, 3.63) is 34.9 Å². The van der Waals surface area contributed by atoms with Crippen LogP contribution < -0.4 is 0 Å². The van der Waals surface area contributed by atoms with Crippen LogP contribution in [0.3, 0.4) is 0 Å². The number of rotatable bonds is 6. The zero-order chi connectivity index (χ0) is 16.7. The molecule has 1 heterocycles. The second kappa shape index (κ2) is 9.18. The highest BCUT2D eigenvalue weighted by Gasteiger charge is 2.27. The smallest absolute Gasteiger partial charge is 0.309 e. The first-order valence-corrected chi connectivity index (χ1v) is 9.40. The number of likely N-dealkylation sites (tertiary alicyclic amines) is 1. The number of ether oxygens (including phenoxy) is 1. The predicted octanol–water partition coefficient (Wildman–Crippen LogP) is 3.37. The maximum absolute atomic E-state index is 12.2. The summed E-state index contributed by atoms with van der Waals surface area (Å²) >= 11 is 7.45. The molecule has 1 fully saturated rings. The van der Waals surface area contributed by atoms with Gasteiger partial charge in [0, 0.05) is 23.9 Å². The molecule has 23 heavy (non-hydrogen) atoms. The maximum Gasteiger partial charge on any atom is 0.309 e. The number of amides is 1. The van der Waals surface area contributed by atoms with E-state index in [0.717, 1.165) is 16.3 Å². The van der Waals surface area contributed by atoms with Gasteiger partial charge in [0.1, 0.15) is 0 Å². The SMILES string of the molecule is CCOC(=O)C1CCN(C(=O)CSCc2ccc(Cl)cc2)CC1. The molecule has 4 nitrogen and oxygen atoms in total. The largest absolute Gasteiger partial charge is 0.466 e. The average molecular weight is 356 g/mol. The number of piperidine rings is 1. The standard InChI is InChI=1S/C17H22ClNO3S/c1-2-22-17(21)14-7-9-19(10-8-14)16(20)12-23-11-13-3-5-15(18)6-4-13/h3-6,14H,2,7-12H2,1H3. The lowest BCUT2D eigenvalue weighted by Gasteiger charge is -2.30. The molecule has 1 saturated heterocycles. The van der Waals surface area contributed by atoms with Crippen LogP contribution >= 0.6 is 23.4 Å². The minimum Gasteiger partial charge on any atom is -0.466 e. The molecular weight excluding hydrogens is 334 g/mol. The number of halogens is 1. The average Bonchev–Trinajstić information content (AvgIpc) is 2.57. The first-order chi connectivity index (χ1) is 11.1. The Morgan fingerprint density at radius 3 is 2.52 bits per heavy atom. The van der Waals surface area contributed by atoms with E-state index in [9.17, 15) is 9.59 Å². The number of nitrogens with zero attached hydrogens (tertiary/aromatic N) is 1. The van der Waals surface area contributed by atoms with E-state index in [1.54, 1.807) is 11.8 Å². The van der Waals surface area contributed by atoms with Gasteiger partial charge in [-0.15, -0.1) is 11.8 Å². The second-order valence-electron chi connectivity index (χ2n) is 5.53. The van der Waals surface area contributed by atoms with Crippen LogP contribution in [0.4, 0.5) is 0 Å². The molecule has 2 rings (SSSR count). The molecule has 0 N–H and O–H groups in total. The third-order valence-corrected chi connectivity index (χ3v) is 5.12. The van der Waals surface area contributed by atoms with E-state index < -0.39 is 0 Å². The van der Waals surface area contributed by atoms with Crippen molar-refractivity contribution in [2.45, 2.75) is 25.5 Å². The molecule has 1 aromatic rings. The summed E-state index contributed by atoms with van der Waals surface area (Å²) in [5.41, 5.74) is 1.16. The Labute approximate surface area is 146 Å². The van der Waals surface area contributed by atoms with E-state index in [-0.39, 0.29) is 17.8 Å².